The fraction of sp³-hybridized carbons (Fsp3) is 0.750. The normalized spacial score (nSPS) is 41.7. The molecular formula is C24H32N2O6. The number of hydrogen-bond donors (Lipinski definition) is 2. The van der Waals surface area contributed by atoms with Crippen LogP contribution in [0.4, 0.5) is 0 Å². The lowest BCUT2D eigenvalue weighted by Gasteiger charge is -2.57. The van der Waals surface area contributed by atoms with Gasteiger partial charge in [0.1, 0.15) is 0 Å². The van der Waals surface area contributed by atoms with Gasteiger partial charge < -0.3 is 10.2 Å². The van der Waals surface area contributed by atoms with E-state index in [1.165, 1.54) is 0 Å². The van der Waals surface area contributed by atoms with Gasteiger partial charge in [-0.1, -0.05) is 26.0 Å². The average molecular weight is 445 g/mol. The molecule has 0 saturated heterocycles. The summed E-state index contributed by atoms with van der Waals surface area (Å²) < 4.78 is 0. The van der Waals surface area contributed by atoms with Crippen LogP contribution in [0, 0.1) is 34.5 Å². The number of nitrogens with zero attached hydrogens (tertiary/aromatic N) is 2. The Morgan fingerprint density at radius 1 is 0.781 bits per heavy atom. The predicted molar refractivity (Wildman–Crippen MR) is 115 cm³/mol. The van der Waals surface area contributed by atoms with Crippen LogP contribution in [0.3, 0.4) is 0 Å². The van der Waals surface area contributed by atoms with E-state index in [9.17, 15) is 29.4 Å². The first-order valence-electron chi connectivity index (χ1n) is 11.5. The molecule has 0 aromatic carbocycles. The highest BCUT2D eigenvalue weighted by Crippen LogP contribution is 2.63. The molecule has 0 spiro atoms. The number of hydrogen-bond acceptors (Lipinski definition) is 6. The minimum absolute atomic E-state index is 0.0274. The minimum Gasteiger partial charge on any atom is -0.481 e. The highest BCUT2D eigenvalue weighted by molar-refractivity contribution is 5.88. The molecule has 0 heterocycles. The number of aliphatic carboxylic acids is 2. The van der Waals surface area contributed by atoms with E-state index in [1.807, 2.05) is 26.0 Å². The van der Waals surface area contributed by atoms with Gasteiger partial charge in [0.25, 0.3) is 0 Å². The third-order valence-corrected chi connectivity index (χ3v) is 8.68. The molecule has 174 valence electrons. The lowest BCUT2D eigenvalue weighted by atomic mass is 9.44. The maximum atomic E-state index is 13.0. The van der Waals surface area contributed by atoms with E-state index in [2.05, 4.69) is 9.98 Å². The molecular weight excluding hydrogens is 412 g/mol. The van der Waals surface area contributed by atoms with Crippen molar-refractivity contribution in [3.63, 3.8) is 0 Å². The quantitative estimate of drug-likeness (QED) is 0.364. The molecule has 0 aromatic heterocycles. The zero-order valence-electron chi connectivity index (χ0n) is 18.7. The van der Waals surface area contributed by atoms with Gasteiger partial charge in [0.15, 0.2) is 0 Å². The van der Waals surface area contributed by atoms with Crippen LogP contribution >= 0.6 is 0 Å². The Balaban J connectivity index is 2.06. The maximum absolute atomic E-state index is 13.0. The fourth-order valence-electron chi connectivity index (χ4n) is 7.04. The molecule has 0 aliphatic heterocycles. The van der Waals surface area contributed by atoms with Crippen LogP contribution in [0.15, 0.2) is 22.1 Å². The van der Waals surface area contributed by atoms with Crippen LogP contribution in [-0.4, -0.2) is 46.4 Å². The number of rotatable bonds is 6. The first kappa shape index (κ1) is 24.1. The van der Waals surface area contributed by atoms with Gasteiger partial charge in [0.05, 0.1) is 22.9 Å². The van der Waals surface area contributed by atoms with Crippen molar-refractivity contribution >= 4 is 24.1 Å². The summed E-state index contributed by atoms with van der Waals surface area (Å²) in [5, 5.41) is 21.3. The van der Waals surface area contributed by atoms with Crippen LogP contribution < -0.4 is 0 Å². The molecule has 0 aromatic rings. The molecule has 2 fully saturated rings. The first-order chi connectivity index (χ1) is 15.2. The van der Waals surface area contributed by atoms with Crippen molar-refractivity contribution < 1.29 is 29.4 Å². The summed E-state index contributed by atoms with van der Waals surface area (Å²) >= 11 is 0. The molecule has 2 N–H and O–H groups in total. The van der Waals surface area contributed by atoms with Gasteiger partial charge in [0.2, 0.25) is 12.2 Å². The predicted octanol–water partition coefficient (Wildman–Crippen LogP) is 3.76. The standard InChI is InChI=1S/C24H32N2O6/c1-15-11-17(5-7-19(15)25-13-27)23(21(29)30)9-3-4-10-24(23,22(31)32)18-6-8-20(26-14-28)16(2)12-18/h3-4,15-20H,5-12H2,1-2H3,(H,29,30)(H,31,32). The number of isocyanates is 2. The minimum atomic E-state index is -1.44. The Bertz CT molecular complexity index is 804. The van der Waals surface area contributed by atoms with Crippen molar-refractivity contribution in [2.75, 3.05) is 0 Å². The molecule has 3 aliphatic rings. The Labute approximate surface area is 187 Å². The maximum Gasteiger partial charge on any atom is 0.311 e. The van der Waals surface area contributed by atoms with E-state index >= 15 is 0 Å². The molecule has 8 unspecified atom stereocenters. The summed E-state index contributed by atoms with van der Waals surface area (Å²) in [7, 11) is 0. The molecule has 0 radical (unpaired) electrons. The second-order valence-corrected chi connectivity index (χ2v) is 9.98. The van der Waals surface area contributed by atoms with Gasteiger partial charge in [-0.25, -0.2) is 19.6 Å². The number of carbonyl (C=O) groups is 2. The number of aliphatic imine (C=N–C) groups is 2. The van der Waals surface area contributed by atoms with Crippen molar-refractivity contribution in [1.29, 1.82) is 0 Å². The first-order valence-corrected chi connectivity index (χ1v) is 11.5. The van der Waals surface area contributed by atoms with E-state index < -0.39 is 22.8 Å². The van der Waals surface area contributed by atoms with Crippen LogP contribution in [0.1, 0.15) is 65.2 Å². The second kappa shape index (κ2) is 9.51. The Kier molecular flexibility index (Phi) is 7.16. The molecule has 0 bridgehead atoms. The summed E-state index contributed by atoms with van der Waals surface area (Å²) in [6, 6.07) is -0.408. The number of allylic oxidation sites excluding steroid dienone is 2. The van der Waals surface area contributed by atoms with E-state index in [1.54, 1.807) is 12.2 Å². The molecule has 8 heteroatoms. The van der Waals surface area contributed by atoms with Crippen LogP contribution in [0.25, 0.3) is 0 Å². The van der Waals surface area contributed by atoms with Crippen molar-refractivity contribution in [2.24, 2.45) is 44.5 Å². The summed E-state index contributed by atoms with van der Waals surface area (Å²) in [5.74, 6) is -2.84. The third-order valence-electron chi connectivity index (χ3n) is 8.68. The number of carbonyl (C=O) groups excluding carboxylic acids is 2. The van der Waals surface area contributed by atoms with Gasteiger partial charge >= 0.3 is 11.9 Å². The second-order valence-electron chi connectivity index (χ2n) is 9.98. The SMILES string of the molecule is CC1CC(C2(C(=O)O)CC=CCC2(C(=O)O)C2CCC(N=C=O)C(C)C2)CCC1N=C=O. The average Bonchev–Trinajstić information content (AvgIpc) is 2.76. The van der Waals surface area contributed by atoms with Gasteiger partial charge in [-0.05, 0) is 75.0 Å². The number of carboxylic acid groups (broad SMARTS) is 2. The summed E-state index contributed by atoms with van der Waals surface area (Å²) in [4.78, 5) is 55.4. The van der Waals surface area contributed by atoms with Crippen molar-refractivity contribution in [1.82, 2.24) is 0 Å². The highest BCUT2D eigenvalue weighted by atomic mass is 16.4. The topological polar surface area (TPSA) is 133 Å². The monoisotopic (exact) mass is 444 g/mol. The van der Waals surface area contributed by atoms with E-state index in [4.69, 9.17) is 0 Å². The van der Waals surface area contributed by atoms with Crippen LogP contribution in [-0.2, 0) is 19.2 Å². The molecule has 0 amide bonds. The van der Waals surface area contributed by atoms with Crippen LogP contribution in [0.2, 0.25) is 0 Å². The van der Waals surface area contributed by atoms with Gasteiger partial charge in [0, 0.05) is 0 Å². The molecule has 8 nitrogen and oxygen atoms in total. The van der Waals surface area contributed by atoms with Gasteiger partial charge in [-0.3, -0.25) is 9.59 Å². The fourth-order valence-corrected chi connectivity index (χ4v) is 7.04. The highest BCUT2D eigenvalue weighted by Gasteiger charge is 2.68. The third kappa shape index (κ3) is 3.76. The lowest BCUT2D eigenvalue weighted by Crippen LogP contribution is -2.62. The van der Waals surface area contributed by atoms with Crippen molar-refractivity contribution in [2.45, 2.75) is 77.3 Å². The largest absolute Gasteiger partial charge is 0.481 e. The smallest absolute Gasteiger partial charge is 0.311 e. The lowest BCUT2D eigenvalue weighted by molar-refractivity contribution is -0.194. The van der Waals surface area contributed by atoms with Crippen LogP contribution in [0.5, 0.6) is 0 Å². The molecule has 3 rings (SSSR count). The Morgan fingerprint density at radius 3 is 1.44 bits per heavy atom. The summed E-state index contributed by atoms with van der Waals surface area (Å²) in [6.07, 6.45) is 10.4. The van der Waals surface area contributed by atoms with E-state index in [0.29, 0.717) is 38.5 Å². The zero-order chi connectivity index (χ0) is 23.5. The van der Waals surface area contributed by atoms with Gasteiger partial charge in [-0.15, -0.1) is 0 Å². The number of carboxylic acids is 2. The summed E-state index contributed by atoms with van der Waals surface area (Å²) in [5.41, 5.74) is -2.88. The molecule has 8 atom stereocenters. The van der Waals surface area contributed by atoms with E-state index in [-0.39, 0.29) is 48.6 Å². The van der Waals surface area contributed by atoms with Crippen molar-refractivity contribution in [3.05, 3.63) is 12.2 Å². The molecule has 2 saturated carbocycles. The Hall–Kier alpha value is -2.56. The Morgan fingerprint density at radius 2 is 1.16 bits per heavy atom. The van der Waals surface area contributed by atoms with Gasteiger partial charge in [-0.2, -0.15) is 0 Å². The molecule has 3 aliphatic carbocycles. The molecule has 32 heavy (non-hydrogen) atoms. The van der Waals surface area contributed by atoms with Crippen molar-refractivity contribution in [3.8, 4) is 0 Å². The summed E-state index contributed by atoms with van der Waals surface area (Å²) in [6.45, 7) is 3.89. The zero-order valence-corrected chi connectivity index (χ0v) is 18.7. The van der Waals surface area contributed by atoms with E-state index in [0.717, 1.165) is 0 Å².